The van der Waals surface area contributed by atoms with Crippen molar-refractivity contribution in [2.75, 3.05) is 25.4 Å². The third-order valence-corrected chi connectivity index (χ3v) is 3.44. The Hall–Kier alpha value is -1.55. The van der Waals surface area contributed by atoms with Gasteiger partial charge in [-0.25, -0.2) is 0 Å². The van der Waals surface area contributed by atoms with Crippen molar-refractivity contribution in [3.8, 4) is 0 Å². The van der Waals surface area contributed by atoms with E-state index in [1.54, 1.807) is 23.1 Å². The maximum Gasteiger partial charge on any atom is 0.254 e. The van der Waals surface area contributed by atoms with Crippen LogP contribution in [0.4, 0.5) is 5.69 Å². The number of likely N-dealkylation sites (tertiary alicyclic amines) is 1. The maximum atomic E-state index is 12.3. The summed E-state index contributed by atoms with van der Waals surface area (Å²) in [6.07, 6.45) is 0.879. The van der Waals surface area contributed by atoms with Gasteiger partial charge in [0.1, 0.15) is 0 Å². The summed E-state index contributed by atoms with van der Waals surface area (Å²) in [6, 6.07) is 5.40. The van der Waals surface area contributed by atoms with Gasteiger partial charge in [0.15, 0.2) is 0 Å². The first-order chi connectivity index (χ1) is 8.13. The fourth-order valence-electron chi connectivity index (χ4n) is 2.22. The van der Waals surface area contributed by atoms with Gasteiger partial charge in [-0.1, -0.05) is 6.07 Å². The van der Waals surface area contributed by atoms with Crippen molar-refractivity contribution in [2.45, 2.75) is 13.3 Å². The van der Waals surface area contributed by atoms with Crippen LogP contribution < -0.4 is 5.73 Å². The Kier molecular flexibility index (Phi) is 3.33. The van der Waals surface area contributed by atoms with Gasteiger partial charge in [0.2, 0.25) is 0 Å². The zero-order valence-electron chi connectivity index (χ0n) is 10.0. The topological polar surface area (TPSA) is 66.6 Å². The number of carbonyl (C=O) groups excluding carboxylic acids is 1. The van der Waals surface area contributed by atoms with Crippen molar-refractivity contribution in [1.29, 1.82) is 0 Å². The molecular formula is C13H18N2O2. The second-order valence-electron chi connectivity index (χ2n) is 4.61. The standard InChI is InChI=1S/C13H18N2O2/c1-9-11(3-2-4-12(9)14)13(17)15-6-5-10(7-15)8-16/h2-4,10,16H,5-8,14H2,1H3. The van der Waals surface area contributed by atoms with Gasteiger partial charge in [-0.2, -0.15) is 0 Å². The highest BCUT2D eigenvalue weighted by atomic mass is 16.3. The highest BCUT2D eigenvalue weighted by molar-refractivity contribution is 5.97. The molecule has 92 valence electrons. The molecular weight excluding hydrogens is 216 g/mol. The van der Waals surface area contributed by atoms with E-state index in [9.17, 15) is 4.79 Å². The van der Waals surface area contributed by atoms with E-state index in [2.05, 4.69) is 0 Å². The molecule has 0 radical (unpaired) electrons. The molecule has 0 aromatic heterocycles. The third kappa shape index (κ3) is 2.26. The Labute approximate surface area is 101 Å². The molecule has 0 saturated carbocycles. The third-order valence-electron chi connectivity index (χ3n) is 3.44. The van der Waals surface area contributed by atoms with Gasteiger partial charge in [0.05, 0.1) is 0 Å². The summed E-state index contributed by atoms with van der Waals surface area (Å²) in [4.78, 5) is 14.1. The Morgan fingerprint density at radius 3 is 3.00 bits per heavy atom. The van der Waals surface area contributed by atoms with E-state index in [-0.39, 0.29) is 18.4 Å². The molecule has 1 amide bonds. The largest absolute Gasteiger partial charge is 0.398 e. The molecule has 1 aliphatic rings. The first-order valence-corrected chi connectivity index (χ1v) is 5.88. The normalized spacial score (nSPS) is 19.6. The zero-order valence-corrected chi connectivity index (χ0v) is 10.0. The van der Waals surface area contributed by atoms with Crippen molar-refractivity contribution in [3.05, 3.63) is 29.3 Å². The summed E-state index contributed by atoms with van der Waals surface area (Å²) in [7, 11) is 0. The molecule has 0 aliphatic carbocycles. The van der Waals surface area contributed by atoms with Gasteiger partial charge in [-0.3, -0.25) is 4.79 Å². The Balaban J connectivity index is 2.18. The number of hydrogen-bond donors (Lipinski definition) is 2. The SMILES string of the molecule is Cc1c(N)cccc1C(=O)N1CCC(CO)C1. The predicted molar refractivity (Wildman–Crippen MR) is 66.7 cm³/mol. The summed E-state index contributed by atoms with van der Waals surface area (Å²) >= 11 is 0. The molecule has 1 aromatic carbocycles. The minimum Gasteiger partial charge on any atom is -0.398 e. The number of amides is 1. The van der Waals surface area contributed by atoms with Crippen molar-refractivity contribution in [3.63, 3.8) is 0 Å². The number of aliphatic hydroxyl groups is 1. The molecule has 1 fully saturated rings. The van der Waals surface area contributed by atoms with Crippen molar-refractivity contribution in [1.82, 2.24) is 4.90 Å². The van der Waals surface area contributed by atoms with Crippen molar-refractivity contribution >= 4 is 11.6 Å². The Bertz CT molecular complexity index is 431. The average Bonchev–Trinajstić information content (AvgIpc) is 2.80. The van der Waals surface area contributed by atoms with Crippen LogP contribution in [0, 0.1) is 12.8 Å². The summed E-state index contributed by atoms with van der Waals surface area (Å²) in [6.45, 7) is 3.38. The number of carbonyl (C=O) groups is 1. The highest BCUT2D eigenvalue weighted by Crippen LogP contribution is 2.22. The smallest absolute Gasteiger partial charge is 0.254 e. The molecule has 1 unspecified atom stereocenters. The van der Waals surface area contributed by atoms with Gasteiger partial charge in [0, 0.05) is 36.9 Å². The lowest BCUT2D eigenvalue weighted by atomic mass is 10.1. The Morgan fingerprint density at radius 2 is 2.35 bits per heavy atom. The van der Waals surface area contributed by atoms with E-state index in [0.29, 0.717) is 17.8 Å². The van der Waals surface area contributed by atoms with Gasteiger partial charge in [-0.05, 0) is 31.0 Å². The van der Waals surface area contributed by atoms with E-state index in [0.717, 1.165) is 18.5 Å². The molecule has 0 spiro atoms. The van der Waals surface area contributed by atoms with Crippen LogP contribution in [0.3, 0.4) is 0 Å². The van der Waals surface area contributed by atoms with Crippen LogP contribution in [-0.2, 0) is 0 Å². The molecule has 1 atom stereocenters. The lowest BCUT2D eigenvalue weighted by Crippen LogP contribution is -2.29. The van der Waals surface area contributed by atoms with Crippen LogP contribution in [0.25, 0.3) is 0 Å². The first-order valence-electron chi connectivity index (χ1n) is 5.88. The molecule has 0 bridgehead atoms. The molecule has 1 heterocycles. The van der Waals surface area contributed by atoms with E-state index in [4.69, 9.17) is 10.8 Å². The van der Waals surface area contributed by atoms with Crippen LogP contribution in [0.1, 0.15) is 22.3 Å². The summed E-state index contributed by atoms with van der Waals surface area (Å²) in [5.41, 5.74) is 7.95. The van der Waals surface area contributed by atoms with Crippen LogP contribution in [0.2, 0.25) is 0 Å². The fraction of sp³-hybridized carbons (Fsp3) is 0.462. The number of nitrogens with zero attached hydrogens (tertiary/aromatic N) is 1. The minimum atomic E-state index is 0.0192. The van der Waals surface area contributed by atoms with Gasteiger partial charge >= 0.3 is 0 Å². The predicted octanol–water partition coefficient (Wildman–Crippen LogP) is 1.03. The number of benzene rings is 1. The van der Waals surface area contributed by atoms with E-state index in [1.165, 1.54) is 0 Å². The number of nitrogen functional groups attached to an aromatic ring is 1. The van der Waals surface area contributed by atoms with Gasteiger partial charge < -0.3 is 15.7 Å². The van der Waals surface area contributed by atoms with E-state index in [1.807, 2.05) is 6.92 Å². The second-order valence-corrected chi connectivity index (χ2v) is 4.61. The second kappa shape index (κ2) is 4.75. The molecule has 1 saturated heterocycles. The Morgan fingerprint density at radius 1 is 1.59 bits per heavy atom. The summed E-state index contributed by atoms with van der Waals surface area (Å²) < 4.78 is 0. The van der Waals surface area contributed by atoms with Crippen LogP contribution >= 0.6 is 0 Å². The minimum absolute atomic E-state index is 0.0192. The molecule has 4 nitrogen and oxygen atoms in total. The number of rotatable bonds is 2. The number of hydrogen-bond acceptors (Lipinski definition) is 3. The van der Waals surface area contributed by atoms with Crippen LogP contribution in [-0.4, -0.2) is 35.6 Å². The molecule has 1 aromatic rings. The molecule has 1 aliphatic heterocycles. The van der Waals surface area contributed by atoms with E-state index < -0.39 is 0 Å². The van der Waals surface area contributed by atoms with Crippen LogP contribution in [0.5, 0.6) is 0 Å². The van der Waals surface area contributed by atoms with Gasteiger partial charge in [0.25, 0.3) is 5.91 Å². The molecule has 2 rings (SSSR count). The quantitative estimate of drug-likeness (QED) is 0.751. The van der Waals surface area contributed by atoms with Gasteiger partial charge in [-0.15, -0.1) is 0 Å². The average molecular weight is 234 g/mol. The molecule has 17 heavy (non-hydrogen) atoms. The lowest BCUT2D eigenvalue weighted by molar-refractivity contribution is 0.0781. The number of nitrogens with two attached hydrogens (primary N) is 1. The fourth-order valence-corrected chi connectivity index (χ4v) is 2.22. The van der Waals surface area contributed by atoms with E-state index >= 15 is 0 Å². The molecule has 4 heteroatoms. The highest BCUT2D eigenvalue weighted by Gasteiger charge is 2.27. The summed E-state index contributed by atoms with van der Waals surface area (Å²) in [5.74, 6) is 0.242. The van der Waals surface area contributed by atoms with Crippen molar-refractivity contribution in [2.24, 2.45) is 5.92 Å². The number of anilines is 1. The first kappa shape index (κ1) is 11.9. The maximum absolute atomic E-state index is 12.3. The van der Waals surface area contributed by atoms with Crippen LogP contribution in [0.15, 0.2) is 18.2 Å². The molecule has 3 N–H and O–H groups in total. The van der Waals surface area contributed by atoms with Crippen molar-refractivity contribution < 1.29 is 9.90 Å². The lowest BCUT2D eigenvalue weighted by Gasteiger charge is -2.18. The summed E-state index contributed by atoms with van der Waals surface area (Å²) in [5, 5.41) is 9.08. The zero-order chi connectivity index (χ0) is 12.4. The monoisotopic (exact) mass is 234 g/mol. The number of aliphatic hydroxyl groups excluding tert-OH is 1.